The normalized spacial score (nSPS) is 10.7. The van der Waals surface area contributed by atoms with Gasteiger partial charge in [0.25, 0.3) is 0 Å². The van der Waals surface area contributed by atoms with E-state index >= 15 is 0 Å². The molecule has 25 heavy (non-hydrogen) atoms. The first kappa shape index (κ1) is 16.7. The average molecular weight is 353 g/mol. The zero-order chi connectivity index (χ0) is 17.5. The second-order valence-corrected chi connectivity index (χ2v) is 5.85. The molecule has 0 bridgehead atoms. The molecule has 2 aromatic carbocycles. The second-order valence-electron chi connectivity index (χ2n) is 4.99. The van der Waals surface area contributed by atoms with Gasteiger partial charge >= 0.3 is 5.97 Å². The van der Waals surface area contributed by atoms with Crippen molar-refractivity contribution in [1.29, 1.82) is 0 Å². The summed E-state index contributed by atoms with van der Waals surface area (Å²) in [7, 11) is 0. The monoisotopic (exact) mass is 353 g/mol. The number of carboxylic acids is 1. The number of nitrogens with one attached hydrogen (secondary N) is 1. The molecule has 0 aliphatic rings. The van der Waals surface area contributed by atoms with Gasteiger partial charge in [0.05, 0.1) is 11.9 Å². The van der Waals surface area contributed by atoms with Crippen LogP contribution in [0, 0.1) is 0 Å². The van der Waals surface area contributed by atoms with Gasteiger partial charge in [-0.2, -0.15) is 5.10 Å². The predicted octanol–water partition coefficient (Wildman–Crippen LogP) is 3.72. The fourth-order valence-electron chi connectivity index (χ4n) is 2.08. The van der Waals surface area contributed by atoms with Crippen molar-refractivity contribution in [2.24, 2.45) is 5.10 Å². The lowest BCUT2D eigenvalue weighted by atomic mass is 10.2. The van der Waals surface area contributed by atoms with Gasteiger partial charge in [0.2, 0.25) is 5.13 Å². The number of para-hydroxylation sites is 1. The lowest BCUT2D eigenvalue weighted by Crippen LogP contribution is -2.10. The number of hydrogen-bond donors (Lipinski definition) is 2. The van der Waals surface area contributed by atoms with E-state index in [2.05, 4.69) is 15.5 Å². The quantitative estimate of drug-likeness (QED) is 0.500. The molecule has 1 aromatic heterocycles. The molecule has 0 aliphatic heterocycles. The molecule has 3 rings (SSSR count). The molecule has 0 saturated carbocycles. The molecule has 0 unspecified atom stereocenters. The van der Waals surface area contributed by atoms with Crippen molar-refractivity contribution in [2.75, 3.05) is 12.0 Å². The Labute approximate surface area is 148 Å². The first-order valence-electron chi connectivity index (χ1n) is 7.46. The molecular formula is C18H15N3O3S. The van der Waals surface area contributed by atoms with Crippen LogP contribution in [0.5, 0.6) is 5.75 Å². The number of aromatic nitrogens is 1. The van der Waals surface area contributed by atoms with Gasteiger partial charge in [0.1, 0.15) is 5.75 Å². The molecule has 126 valence electrons. The van der Waals surface area contributed by atoms with Crippen LogP contribution in [-0.4, -0.2) is 28.9 Å². The molecule has 6 nitrogen and oxygen atoms in total. The third-order valence-corrected chi connectivity index (χ3v) is 3.95. The number of rotatable bonds is 7. The summed E-state index contributed by atoms with van der Waals surface area (Å²) in [6, 6.07) is 17.0. The van der Waals surface area contributed by atoms with E-state index < -0.39 is 12.6 Å². The van der Waals surface area contributed by atoms with Crippen LogP contribution >= 0.6 is 11.3 Å². The number of aliphatic carboxylic acids is 1. The number of thiazole rings is 1. The van der Waals surface area contributed by atoms with Gasteiger partial charge in [0.15, 0.2) is 6.61 Å². The van der Waals surface area contributed by atoms with Crippen molar-refractivity contribution in [1.82, 2.24) is 4.98 Å². The maximum atomic E-state index is 10.6. The average Bonchev–Trinajstić information content (AvgIpc) is 3.10. The van der Waals surface area contributed by atoms with E-state index in [-0.39, 0.29) is 0 Å². The van der Waals surface area contributed by atoms with Crippen LogP contribution in [0.2, 0.25) is 0 Å². The molecule has 0 fully saturated rings. The van der Waals surface area contributed by atoms with Crippen LogP contribution in [0.3, 0.4) is 0 Å². The Kier molecular flexibility index (Phi) is 5.38. The number of benzene rings is 2. The van der Waals surface area contributed by atoms with Crippen LogP contribution in [0.25, 0.3) is 11.3 Å². The molecule has 0 saturated heterocycles. The summed E-state index contributed by atoms with van der Waals surface area (Å²) in [5, 5.41) is 15.5. The summed E-state index contributed by atoms with van der Waals surface area (Å²) in [6.07, 6.45) is 1.57. The molecule has 0 aliphatic carbocycles. The predicted molar refractivity (Wildman–Crippen MR) is 98.3 cm³/mol. The summed E-state index contributed by atoms with van der Waals surface area (Å²) in [4.78, 5) is 15.1. The third-order valence-electron chi connectivity index (χ3n) is 3.21. The molecular weight excluding hydrogens is 338 g/mol. The number of anilines is 1. The molecule has 0 amide bonds. The van der Waals surface area contributed by atoms with E-state index in [1.807, 2.05) is 41.8 Å². The maximum absolute atomic E-state index is 10.6. The van der Waals surface area contributed by atoms with E-state index in [1.165, 1.54) is 11.3 Å². The zero-order valence-electron chi connectivity index (χ0n) is 13.1. The number of carboxylic acid groups (broad SMARTS) is 1. The van der Waals surface area contributed by atoms with Crippen LogP contribution in [0.15, 0.2) is 65.1 Å². The highest BCUT2D eigenvalue weighted by molar-refractivity contribution is 7.14. The van der Waals surface area contributed by atoms with Crippen LogP contribution in [-0.2, 0) is 4.79 Å². The van der Waals surface area contributed by atoms with Gasteiger partial charge < -0.3 is 9.84 Å². The van der Waals surface area contributed by atoms with Crippen molar-refractivity contribution in [2.45, 2.75) is 0 Å². The van der Waals surface area contributed by atoms with E-state index in [0.29, 0.717) is 16.4 Å². The first-order valence-corrected chi connectivity index (χ1v) is 8.34. The van der Waals surface area contributed by atoms with Crippen molar-refractivity contribution in [3.63, 3.8) is 0 Å². The first-order chi connectivity index (χ1) is 12.2. The van der Waals surface area contributed by atoms with E-state index in [9.17, 15) is 4.79 Å². The van der Waals surface area contributed by atoms with E-state index in [4.69, 9.17) is 9.84 Å². The van der Waals surface area contributed by atoms with Gasteiger partial charge in [-0.15, -0.1) is 11.3 Å². The summed E-state index contributed by atoms with van der Waals surface area (Å²) >= 11 is 1.45. The Balaban J connectivity index is 1.66. The Bertz CT molecular complexity index is 878. The van der Waals surface area contributed by atoms with Crippen LogP contribution < -0.4 is 10.2 Å². The number of hydrogen-bond acceptors (Lipinski definition) is 6. The summed E-state index contributed by atoms with van der Waals surface area (Å²) in [5.74, 6) is -0.569. The number of carbonyl (C=O) groups is 1. The highest BCUT2D eigenvalue weighted by atomic mass is 32.1. The Morgan fingerprint density at radius 2 is 1.96 bits per heavy atom. The SMILES string of the molecule is O=C(O)COc1ccccc1C=NNc1nc(-c2ccccc2)cs1. The standard InChI is InChI=1S/C18H15N3O3S/c22-17(23)11-24-16-9-5-4-8-14(16)10-19-21-18-20-15(12-25-18)13-6-2-1-3-7-13/h1-10,12H,11H2,(H,20,21)(H,22,23). The molecule has 0 atom stereocenters. The molecule has 1 heterocycles. The van der Waals surface area contributed by atoms with Crippen LogP contribution in [0.1, 0.15) is 5.56 Å². The minimum Gasteiger partial charge on any atom is -0.481 e. The van der Waals surface area contributed by atoms with Gasteiger partial charge in [-0.3, -0.25) is 5.43 Å². The largest absolute Gasteiger partial charge is 0.481 e. The maximum Gasteiger partial charge on any atom is 0.341 e. The molecule has 7 heteroatoms. The fourth-order valence-corrected chi connectivity index (χ4v) is 2.75. The van der Waals surface area contributed by atoms with Crippen molar-refractivity contribution in [3.8, 4) is 17.0 Å². The van der Waals surface area contributed by atoms with Gasteiger partial charge in [-0.25, -0.2) is 9.78 Å². The molecule has 0 spiro atoms. The summed E-state index contributed by atoms with van der Waals surface area (Å²) < 4.78 is 5.23. The van der Waals surface area contributed by atoms with Crippen molar-refractivity contribution >= 4 is 28.7 Å². The second kappa shape index (κ2) is 8.07. The van der Waals surface area contributed by atoms with Crippen molar-refractivity contribution < 1.29 is 14.6 Å². The summed E-state index contributed by atoms with van der Waals surface area (Å²) in [6.45, 7) is -0.398. The Morgan fingerprint density at radius 1 is 1.20 bits per heavy atom. The van der Waals surface area contributed by atoms with Gasteiger partial charge in [0, 0.05) is 16.5 Å². The third kappa shape index (κ3) is 4.65. The minimum absolute atomic E-state index is 0.398. The van der Waals surface area contributed by atoms with Gasteiger partial charge in [-0.1, -0.05) is 42.5 Å². The highest BCUT2D eigenvalue weighted by Gasteiger charge is 2.05. The van der Waals surface area contributed by atoms with E-state index in [0.717, 1.165) is 11.3 Å². The Hall–Kier alpha value is -3.19. The van der Waals surface area contributed by atoms with E-state index in [1.54, 1.807) is 24.4 Å². The highest BCUT2D eigenvalue weighted by Crippen LogP contribution is 2.24. The molecule has 2 N–H and O–H groups in total. The van der Waals surface area contributed by atoms with Gasteiger partial charge in [-0.05, 0) is 12.1 Å². The topological polar surface area (TPSA) is 83.8 Å². The number of ether oxygens (including phenoxy) is 1. The zero-order valence-corrected chi connectivity index (χ0v) is 13.9. The fraction of sp³-hybridized carbons (Fsp3) is 0.0556. The Morgan fingerprint density at radius 3 is 2.76 bits per heavy atom. The molecule has 0 radical (unpaired) electrons. The number of nitrogens with zero attached hydrogens (tertiary/aromatic N) is 2. The lowest BCUT2D eigenvalue weighted by molar-refractivity contribution is -0.139. The summed E-state index contributed by atoms with van der Waals surface area (Å²) in [5.41, 5.74) is 5.48. The molecule has 3 aromatic rings. The van der Waals surface area contributed by atoms with Crippen molar-refractivity contribution in [3.05, 3.63) is 65.5 Å². The lowest BCUT2D eigenvalue weighted by Gasteiger charge is -2.05. The minimum atomic E-state index is -1.03. The van der Waals surface area contributed by atoms with Crippen LogP contribution in [0.4, 0.5) is 5.13 Å². The smallest absolute Gasteiger partial charge is 0.341 e. The number of hydrazone groups is 1.